The molecule has 2 aromatic heterocycles. The maximum Gasteiger partial charge on any atom is 0.165 e. The number of aliphatic imine (C=N–C) groups is 4. The van der Waals surface area contributed by atoms with E-state index in [2.05, 4.69) is 5.53 Å². The minimum absolute atomic E-state index is 0.571. The van der Waals surface area contributed by atoms with Crippen molar-refractivity contribution < 1.29 is 0 Å². The van der Waals surface area contributed by atoms with Crippen LogP contribution in [0.2, 0.25) is 0 Å². The average Bonchev–Trinajstić information content (AvgIpc) is 3.71. The molecule has 4 aliphatic heterocycles. The highest BCUT2D eigenvalue weighted by Crippen LogP contribution is 2.40. The van der Waals surface area contributed by atoms with E-state index in [4.69, 9.17) is 35.7 Å². The molecule has 0 aliphatic carbocycles. The molecule has 6 aromatic rings. The summed E-state index contributed by atoms with van der Waals surface area (Å²) in [7, 11) is 0. The van der Waals surface area contributed by atoms with Gasteiger partial charge in [0, 0.05) is 49.5 Å². The summed E-state index contributed by atoms with van der Waals surface area (Å²) in [5.74, 6) is 3.57. The number of aromatic nitrogens is 2. The molecule has 4 aliphatic rings. The van der Waals surface area contributed by atoms with Gasteiger partial charge in [0.2, 0.25) is 0 Å². The second-order valence-electron chi connectivity index (χ2n) is 10.5. The Bertz CT molecular complexity index is 2460. The highest BCUT2D eigenvalue weighted by Gasteiger charge is 2.29. The number of nitrogens with zero attached hydrogens (tertiary/aromatic N) is 8. The molecule has 10 nitrogen and oxygen atoms in total. The number of nitrogen functional groups attached to an aromatic ring is 1. The van der Waals surface area contributed by atoms with Crippen LogP contribution in [0, 0.1) is 0 Å². The number of nitrogens with one attached hydrogen (secondary N) is 1. The third-order valence-corrected chi connectivity index (χ3v) is 8.07. The van der Waals surface area contributed by atoms with Crippen LogP contribution in [0.4, 0.5) is 17.3 Å². The fraction of sp³-hybridized carbons (Fsp3) is 0. The van der Waals surface area contributed by atoms with Crippen LogP contribution in [0.15, 0.2) is 121 Å². The van der Waals surface area contributed by atoms with E-state index in [-0.39, 0.29) is 0 Å². The third-order valence-electron chi connectivity index (χ3n) is 8.07. The molecule has 0 atom stereocenters. The van der Waals surface area contributed by atoms with Crippen molar-refractivity contribution in [1.82, 2.24) is 9.35 Å². The van der Waals surface area contributed by atoms with Gasteiger partial charge in [-0.25, -0.2) is 44.8 Å². The minimum Gasteiger partial charge on any atom is -0.399 e. The van der Waals surface area contributed by atoms with Gasteiger partial charge < -0.3 is 5.73 Å². The lowest BCUT2D eigenvalue weighted by Gasteiger charge is -2.14. The predicted molar refractivity (Wildman–Crippen MR) is 164 cm³/mol. The number of benzene rings is 4. The molecule has 4 aromatic carbocycles. The smallest absolute Gasteiger partial charge is 0.165 e. The zero-order valence-corrected chi connectivity index (χ0v) is 21.8. The first kappa shape index (κ1) is 21.6. The van der Waals surface area contributed by atoms with Crippen LogP contribution in [0.25, 0.3) is 21.5 Å². The van der Waals surface area contributed by atoms with Gasteiger partial charge in [-0.2, -0.15) is 0 Å². The SMILES string of the molecule is Nc1ccc2c3n4c(c2c1)N=C1N=C(N=c2c5ccccc5c(n2N4)=NC2=NC(=N3)c3ccccc32)c2ccccc21. The molecule has 6 heterocycles. The Hall–Kier alpha value is -6.16. The third kappa shape index (κ3) is 2.72. The fourth-order valence-corrected chi connectivity index (χ4v) is 6.16. The van der Waals surface area contributed by atoms with Crippen molar-refractivity contribution in [3.8, 4) is 0 Å². The van der Waals surface area contributed by atoms with Crippen molar-refractivity contribution in [2.45, 2.75) is 0 Å². The summed E-state index contributed by atoms with van der Waals surface area (Å²) in [6, 6.07) is 29.9. The zero-order valence-electron chi connectivity index (χ0n) is 21.8. The molecule has 0 radical (unpaired) electrons. The first-order valence-corrected chi connectivity index (χ1v) is 13.5. The lowest BCUT2D eigenvalue weighted by Crippen LogP contribution is -2.39. The van der Waals surface area contributed by atoms with Crippen LogP contribution in [-0.2, 0) is 0 Å². The van der Waals surface area contributed by atoms with E-state index in [1.807, 2.05) is 100 Å². The summed E-state index contributed by atoms with van der Waals surface area (Å²) in [6.45, 7) is 0. The zero-order chi connectivity index (χ0) is 27.5. The molecule has 0 amide bonds. The van der Waals surface area contributed by atoms with E-state index in [1.165, 1.54) is 0 Å². The second-order valence-corrected chi connectivity index (χ2v) is 10.5. The van der Waals surface area contributed by atoms with Gasteiger partial charge in [-0.1, -0.05) is 72.8 Å². The van der Waals surface area contributed by atoms with Crippen molar-refractivity contribution in [2.75, 3.05) is 11.3 Å². The number of amidine groups is 4. The topological polar surface area (TPSA) is 122 Å². The normalized spacial score (nSPS) is 15.4. The average molecular weight is 543 g/mol. The van der Waals surface area contributed by atoms with Crippen molar-refractivity contribution in [3.05, 3.63) is 124 Å². The standard InChI is InChI=1S/C32H18N10/c33-16-13-14-23-24(15-16)32-39-28-20-10-4-3-9-19(20)26(35-28)37-30-22-12-6-5-11-21(22)29-36-25-17-7-1-2-8-18(17)27(34-25)38-31(23)42(32)40-41(29)30/h1-15,40H,33H2. The van der Waals surface area contributed by atoms with Gasteiger partial charge in [0.1, 0.15) is 0 Å². The van der Waals surface area contributed by atoms with Crippen LogP contribution in [-0.4, -0.2) is 32.7 Å². The van der Waals surface area contributed by atoms with Gasteiger partial charge in [-0.3, -0.25) is 0 Å². The Morgan fingerprint density at radius 3 is 1.48 bits per heavy atom. The van der Waals surface area contributed by atoms with Crippen LogP contribution >= 0.6 is 0 Å². The molecule has 0 fully saturated rings. The molecule has 42 heavy (non-hydrogen) atoms. The molecule has 0 saturated carbocycles. The van der Waals surface area contributed by atoms with E-state index in [9.17, 15) is 0 Å². The van der Waals surface area contributed by atoms with Crippen LogP contribution in [0.5, 0.6) is 0 Å². The summed E-state index contributed by atoms with van der Waals surface area (Å²) in [6.07, 6.45) is 0. The van der Waals surface area contributed by atoms with Crippen molar-refractivity contribution in [2.24, 2.45) is 30.0 Å². The van der Waals surface area contributed by atoms with Gasteiger partial charge >= 0.3 is 0 Å². The van der Waals surface area contributed by atoms with Crippen molar-refractivity contribution in [3.63, 3.8) is 0 Å². The Labute approximate surface area is 236 Å². The highest BCUT2D eigenvalue weighted by atomic mass is 15.7. The number of fused-ring (bicyclic) bond motifs is 14. The molecule has 6 bridgehead atoms. The van der Waals surface area contributed by atoms with E-state index < -0.39 is 0 Å². The maximum absolute atomic E-state index is 6.33. The number of anilines is 1. The summed E-state index contributed by atoms with van der Waals surface area (Å²) < 4.78 is 3.75. The fourth-order valence-electron chi connectivity index (χ4n) is 6.16. The number of hydrogen-bond acceptors (Lipinski definition) is 8. The largest absolute Gasteiger partial charge is 0.399 e. The molecule has 0 spiro atoms. The molecule has 10 heteroatoms. The number of rotatable bonds is 0. The minimum atomic E-state index is 0.571. The second kappa shape index (κ2) is 7.52. The lowest BCUT2D eigenvalue weighted by atomic mass is 10.1. The number of hydrogen-bond donors (Lipinski definition) is 2. The Balaban J connectivity index is 1.48. The highest BCUT2D eigenvalue weighted by molar-refractivity contribution is 6.25. The molecular formula is C32H18N10. The van der Waals surface area contributed by atoms with E-state index in [0.29, 0.717) is 51.6 Å². The van der Waals surface area contributed by atoms with Crippen LogP contribution in [0.3, 0.4) is 0 Å². The summed E-state index contributed by atoms with van der Waals surface area (Å²) in [5.41, 5.74) is 15.5. The molecule has 0 unspecified atom stereocenters. The van der Waals surface area contributed by atoms with Crippen LogP contribution in [0.1, 0.15) is 22.3 Å². The van der Waals surface area contributed by atoms with E-state index >= 15 is 0 Å². The monoisotopic (exact) mass is 542 g/mol. The van der Waals surface area contributed by atoms with Crippen molar-refractivity contribution >= 4 is 62.2 Å². The Morgan fingerprint density at radius 2 is 0.929 bits per heavy atom. The summed E-state index contributed by atoms with van der Waals surface area (Å²) in [5, 5.41) is 3.55. The van der Waals surface area contributed by atoms with E-state index in [1.54, 1.807) is 0 Å². The van der Waals surface area contributed by atoms with Gasteiger partial charge in [-0.15, -0.1) is 0 Å². The molecule has 10 rings (SSSR count). The van der Waals surface area contributed by atoms with Gasteiger partial charge in [0.25, 0.3) is 0 Å². The van der Waals surface area contributed by atoms with Crippen molar-refractivity contribution in [1.29, 1.82) is 0 Å². The number of nitrogens with two attached hydrogens (primary N) is 1. The molecule has 0 saturated heterocycles. The lowest BCUT2D eigenvalue weighted by molar-refractivity contribution is 0.711. The Morgan fingerprint density at radius 1 is 0.452 bits per heavy atom. The quantitative estimate of drug-likeness (QED) is 0.281. The van der Waals surface area contributed by atoms with Gasteiger partial charge in [-0.05, 0) is 18.2 Å². The summed E-state index contributed by atoms with van der Waals surface area (Å²) in [4.78, 5) is 30.5. The van der Waals surface area contributed by atoms with Gasteiger partial charge in [0.05, 0.1) is 0 Å². The predicted octanol–water partition coefficient (Wildman–Crippen LogP) is 4.13. The molecular weight excluding hydrogens is 524 g/mol. The van der Waals surface area contributed by atoms with Gasteiger partial charge in [0.15, 0.2) is 46.0 Å². The first-order chi connectivity index (χ1) is 20.7. The first-order valence-electron chi connectivity index (χ1n) is 13.5. The summed E-state index contributed by atoms with van der Waals surface area (Å²) >= 11 is 0. The molecule has 3 N–H and O–H groups in total. The maximum atomic E-state index is 6.33. The Kier molecular flexibility index (Phi) is 3.87. The van der Waals surface area contributed by atoms with Crippen LogP contribution < -0.4 is 22.2 Å². The van der Waals surface area contributed by atoms with E-state index in [0.717, 1.165) is 43.8 Å². The molecule has 196 valence electrons.